The number of carbonyl (C=O) groups is 3. The second kappa shape index (κ2) is 65.1. The number of hydrogen-bond acceptors (Lipinski definition) is 6. The minimum atomic E-state index is -0.785. The lowest BCUT2D eigenvalue weighted by Gasteiger charge is -2.18. The lowest BCUT2D eigenvalue weighted by atomic mass is 10.0. The Labute approximate surface area is 477 Å². The maximum Gasteiger partial charge on any atom is 0.306 e. The Bertz CT molecular complexity index is 1470. The smallest absolute Gasteiger partial charge is 0.306 e. The van der Waals surface area contributed by atoms with Gasteiger partial charge in [-0.05, 0) is 89.9 Å². The normalized spacial score (nSPS) is 12.6. The zero-order valence-electron chi connectivity index (χ0n) is 51.0. The summed E-state index contributed by atoms with van der Waals surface area (Å²) in [5.41, 5.74) is 0. The molecule has 0 aromatic rings. The number of unbranched alkanes of at least 4 members (excludes halogenated alkanes) is 35. The standard InChI is InChI=1S/C71H124O6/c1-4-7-10-13-16-19-22-25-28-31-33-35-37-40-43-46-49-52-55-58-61-64-70(73)76-67-68(66-75-69(72)63-60-57-54-51-48-45-42-39-30-27-24-21-18-15-12-9-6-3)77-71(74)65-62-59-56-53-50-47-44-41-38-36-34-32-29-26-23-20-17-14-11-8-5-2/h7,9-10,12,16,18-19,21,25,27-28,30,33,35,68H,4-6,8,11,13-15,17,20,22-24,26,29,31-32,34,36-67H2,1-3H3/b10-7-,12-9-,19-16-,21-18-,28-25-,30-27-,35-33-. The van der Waals surface area contributed by atoms with E-state index in [0.29, 0.717) is 19.3 Å². The van der Waals surface area contributed by atoms with E-state index in [9.17, 15) is 14.4 Å². The fourth-order valence-corrected chi connectivity index (χ4v) is 9.51. The van der Waals surface area contributed by atoms with Gasteiger partial charge in [0.25, 0.3) is 0 Å². The summed E-state index contributed by atoms with van der Waals surface area (Å²) < 4.78 is 17.0. The summed E-state index contributed by atoms with van der Waals surface area (Å²) in [6.45, 7) is 6.45. The molecule has 0 fully saturated rings. The van der Waals surface area contributed by atoms with Crippen LogP contribution >= 0.6 is 0 Å². The van der Waals surface area contributed by atoms with Gasteiger partial charge in [0.05, 0.1) is 0 Å². The summed E-state index contributed by atoms with van der Waals surface area (Å²) in [5, 5.41) is 0. The maximum absolute atomic E-state index is 12.9. The van der Waals surface area contributed by atoms with Crippen molar-refractivity contribution in [2.75, 3.05) is 13.2 Å². The highest BCUT2D eigenvalue weighted by molar-refractivity contribution is 5.71. The van der Waals surface area contributed by atoms with E-state index in [1.807, 2.05) is 0 Å². The highest BCUT2D eigenvalue weighted by atomic mass is 16.6. The van der Waals surface area contributed by atoms with Crippen LogP contribution in [0.2, 0.25) is 0 Å². The largest absolute Gasteiger partial charge is 0.462 e. The molecule has 0 spiro atoms. The summed E-state index contributed by atoms with van der Waals surface area (Å²) in [6, 6.07) is 0. The topological polar surface area (TPSA) is 78.9 Å². The molecular weight excluding hydrogens is 949 g/mol. The van der Waals surface area contributed by atoms with E-state index >= 15 is 0 Å². The van der Waals surface area contributed by atoms with Crippen LogP contribution < -0.4 is 0 Å². The first kappa shape index (κ1) is 73.6. The Morgan fingerprint density at radius 1 is 0.273 bits per heavy atom. The van der Waals surface area contributed by atoms with E-state index in [-0.39, 0.29) is 31.1 Å². The molecule has 0 aliphatic heterocycles. The fraction of sp³-hybridized carbons (Fsp3) is 0.761. The molecule has 1 unspecified atom stereocenters. The zero-order valence-corrected chi connectivity index (χ0v) is 51.0. The third-order valence-electron chi connectivity index (χ3n) is 14.4. The highest BCUT2D eigenvalue weighted by Crippen LogP contribution is 2.17. The van der Waals surface area contributed by atoms with E-state index in [1.165, 1.54) is 173 Å². The minimum Gasteiger partial charge on any atom is -0.462 e. The first-order valence-corrected chi connectivity index (χ1v) is 33.1. The molecule has 0 rings (SSSR count). The van der Waals surface area contributed by atoms with E-state index < -0.39 is 6.10 Å². The molecule has 0 N–H and O–H groups in total. The van der Waals surface area contributed by atoms with E-state index in [0.717, 1.165) is 116 Å². The molecule has 0 heterocycles. The lowest BCUT2D eigenvalue weighted by molar-refractivity contribution is -0.167. The fourth-order valence-electron chi connectivity index (χ4n) is 9.51. The van der Waals surface area contributed by atoms with Gasteiger partial charge in [0.15, 0.2) is 6.10 Å². The Hall–Kier alpha value is -3.41. The molecule has 0 aliphatic rings. The first-order chi connectivity index (χ1) is 38.0. The molecular formula is C71H124O6. The summed E-state index contributed by atoms with van der Waals surface area (Å²) in [6.07, 6.45) is 85.9. The molecule has 1 atom stereocenters. The molecule has 444 valence electrons. The van der Waals surface area contributed by atoms with Crippen molar-refractivity contribution in [3.63, 3.8) is 0 Å². The molecule has 0 aliphatic carbocycles. The molecule has 6 heteroatoms. The predicted molar refractivity (Wildman–Crippen MR) is 334 cm³/mol. The number of hydrogen-bond donors (Lipinski definition) is 0. The van der Waals surface area contributed by atoms with Gasteiger partial charge < -0.3 is 14.2 Å². The number of esters is 3. The van der Waals surface area contributed by atoms with Crippen LogP contribution in [0.5, 0.6) is 0 Å². The second-order valence-electron chi connectivity index (χ2n) is 22.0. The van der Waals surface area contributed by atoms with E-state index in [1.54, 1.807) is 0 Å². The van der Waals surface area contributed by atoms with Gasteiger partial charge in [-0.15, -0.1) is 0 Å². The predicted octanol–water partition coefficient (Wildman–Crippen LogP) is 22.7. The molecule has 0 bridgehead atoms. The third-order valence-corrected chi connectivity index (χ3v) is 14.4. The number of allylic oxidation sites excluding steroid dienone is 14. The van der Waals surface area contributed by atoms with Crippen LogP contribution in [-0.4, -0.2) is 37.2 Å². The molecule has 6 nitrogen and oxygen atoms in total. The highest BCUT2D eigenvalue weighted by Gasteiger charge is 2.19. The maximum atomic E-state index is 12.9. The molecule has 0 saturated heterocycles. The number of ether oxygens (including phenoxy) is 3. The second-order valence-corrected chi connectivity index (χ2v) is 22.0. The quantitative estimate of drug-likeness (QED) is 0.0261. The third kappa shape index (κ3) is 63.3. The van der Waals surface area contributed by atoms with Crippen LogP contribution in [0.15, 0.2) is 85.1 Å². The monoisotopic (exact) mass is 1070 g/mol. The summed E-state index contributed by atoms with van der Waals surface area (Å²) in [4.78, 5) is 38.4. The number of rotatable bonds is 60. The van der Waals surface area contributed by atoms with Crippen LogP contribution in [-0.2, 0) is 28.6 Å². The van der Waals surface area contributed by atoms with Crippen LogP contribution in [0, 0.1) is 0 Å². The van der Waals surface area contributed by atoms with Gasteiger partial charge in [-0.1, -0.05) is 305 Å². The van der Waals surface area contributed by atoms with E-state index in [2.05, 4.69) is 106 Å². The van der Waals surface area contributed by atoms with E-state index in [4.69, 9.17) is 14.2 Å². The van der Waals surface area contributed by atoms with Gasteiger partial charge in [0.2, 0.25) is 0 Å². The van der Waals surface area contributed by atoms with Crippen molar-refractivity contribution in [1.82, 2.24) is 0 Å². The molecule has 0 saturated carbocycles. The van der Waals surface area contributed by atoms with Crippen molar-refractivity contribution in [3.05, 3.63) is 85.1 Å². The summed E-state index contributed by atoms with van der Waals surface area (Å²) in [5.74, 6) is -0.881. The Balaban J connectivity index is 4.37. The zero-order chi connectivity index (χ0) is 55.7. The van der Waals surface area contributed by atoms with Crippen LogP contribution in [0.1, 0.15) is 329 Å². The van der Waals surface area contributed by atoms with Crippen LogP contribution in [0.25, 0.3) is 0 Å². The van der Waals surface area contributed by atoms with Crippen molar-refractivity contribution in [2.24, 2.45) is 0 Å². The van der Waals surface area contributed by atoms with Crippen molar-refractivity contribution >= 4 is 17.9 Å². The van der Waals surface area contributed by atoms with Crippen LogP contribution in [0.3, 0.4) is 0 Å². The van der Waals surface area contributed by atoms with Gasteiger partial charge in [-0.2, -0.15) is 0 Å². The number of carbonyl (C=O) groups excluding carboxylic acids is 3. The summed E-state index contributed by atoms with van der Waals surface area (Å²) in [7, 11) is 0. The molecule has 0 aromatic carbocycles. The van der Waals surface area contributed by atoms with Gasteiger partial charge >= 0.3 is 17.9 Å². The molecule has 0 amide bonds. The van der Waals surface area contributed by atoms with Gasteiger partial charge in [0, 0.05) is 19.3 Å². The Morgan fingerprint density at radius 3 is 0.792 bits per heavy atom. The SMILES string of the molecule is CC/C=C\C/C=C\C/C=C\C/C=C\CCCCCCCCCCC(=O)OCC(COC(=O)CCCCCCCCC/C=C\C/C=C\C/C=C\CC)OC(=O)CCCCCCCCCCCCCCCCCCCCCCC. The van der Waals surface area contributed by atoms with Gasteiger partial charge in [-0.25, -0.2) is 0 Å². The average molecular weight is 1070 g/mol. The molecule has 0 radical (unpaired) electrons. The molecule has 0 aromatic heterocycles. The minimum absolute atomic E-state index is 0.0815. The van der Waals surface area contributed by atoms with Gasteiger partial charge in [0.1, 0.15) is 13.2 Å². The van der Waals surface area contributed by atoms with Crippen molar-refractivity contribution in [2.45, 2.75) is 335 Å². The first-order valence-electron chi connectivity index (χ1n) is 33.1. The lowest BCUT2D eigenvalue weighted by Crippen LogP contribution is -2.30. The van der Waals surface area contributed by atoms with Crippen molar-refractivity contribution in [3.8, 4) is 0 Å². The van der Waals surface area contributed by atoms with Crippen LogP contribution in [0.4, 0.5) is 0 Å². The van der Waals surface area contributed by atoms with Crippen molar-refractivity contribution < 1.29 is 28.6 Å². The Morgan fingerprint density at radius 2 is 0.506 bits per heavy atom. The molecule has 77 heavy (non-hydrogen) atoms. The average Bonchev–Trinajstić information content (AvgIpc) is 3.43. The van der Waals surface area contributed by atoms with Crippen molar-refractivity contribution in [1.29, 1.82) is 0 Å². The summed E-state index contributed by atoms with van der Waals surface area (Å²) >= 11 is 0. The van der Waals surface area contributed by atoms with Gasteiger partial charge in [-0.3, -0.25) is 14.4 Å². The Kier molecular flexibility index (Phi) is 62.2.